The number of nitrogens with one attached hydrogen (secondary N) is 1. The molecule has 0 bridgehead atoms. The highest BCUT2D eigenvalue weighted by Crippen LogP contribution is 2.30. The number of carbonyl (C=O) groups is 3. The summed E-state index contributed by atoms with van der Waals surface area (Å²) < 4.78 is 42.9. The van der Waals surface area contributed by atoms with Crippen molar-refractivity contribution in [2.24, 2.45) is 5.73 Å². The zero-order valence-corrected chi connectivity index (χ0v) is 16.0. The Kier molecular flexibility index (Phi) is 7.27. The van der Waals surface area contributed by atoms with Crippen LogP contribution in [0.3, 0.4) is 0 Å². The molecule has 0 saturated carbocycles. The van der Waals surface area contributed by atoms with Crippen molar-refractivity contribution >= 4 is 35.2 Å². The van der Waals surface area contributed by atoms with Crippen LogP contribution in [-0.4, -0.2) is 29.6 Å². The number of thioether (sulfide) groups is 1. The summed E-state index contributed by atoms with van der Waals surface area (Å²) in [6.07, 6.45) is -5.69. The van der Waals surface area contributed by atoms with E-state index in [1.54, 1.807) is 18.2 Å². The second kappa shape index (κ2) is 9.46. The number of esters is 1. The number of anilines is 1. The van der Waals surface area contributed by atoms with Crippen molar-refractivity contribution in [1.29, 1.82) is 0 Å². The summed E-state index contributed by atoms with van der Waals surface area (Å²) in [6, 6.07) is 10.2. The molecule has 2 amide bonds. The smallest absolute Gasteiger partial charge is 0.416 e. The van der Waals surface area contributed by atoms with Gasteiger partial charge in [0.15, 0.2) is 6.10 Å². The number of ether oxygens (including phenoxy) is 1. The van der Waals surface area contributed by atoms with E-state index in [0.29, 0.717) is 4.90 Å². The Morgan fingerprint density at radius 1 is 1.10 bits per heavy atom. The molecule has 10 heteroatoms. The molecule has 154 valence electrons. The Bertz CT molecular complexity index is 901. The van der Waals surface area contributed by atoms with Gasteiger partial charge in [0.2, 0.25) is 5.91 Å². The van der Waals surface area contributed by atoms with E-state index in [4.69, 9.17) is 10.5 Å². The Morgan fingerprint density at radius 3 is 2.31 bits per heavy atom. The molecular weight excluding hydrogens is 409 g/mol. The van der Waals surface area contributed by atoms with Crippen molar-refractivity contribution in [3.05, 3.63) is 59.7 Å². The Morgan fingerprint density at radius 2 is 1.72 bits per heavy atom. The molecule has 0 aliphatic carbocycles. The normalized spacial score (nSPS) is 12.1. The molecule has 2 rings (SSSR count). The molecule has 0 saturated heterocycles. The van der Waals surface area contributed by atoms with Crippen molar-refractivity contribution in [2.45, 2.75) is 24.1 Å². The van der Waals surface area contributed by atoms with Crippen molar-refractivity contribution in [3.8, 4) is 0 Å². The van der Waals surface area contributed by atoms with Crippen LogP contribution in [0.1, 0.15) is 22.8 Å². The molecular formula is C19H17F3N2O4S. The van der Waals surface area contributed by atoms with Crippen molar-refractivity contribution in [1.82, 2.24) is 0 Å². The van der Waals surface area contributed by atoms with Crippen molar-refractivity contribution < 1.29 is 32.3 Å². The molecule has 3 N–H and O–H groups in total. The molecule has 2 aromatic rings. The van der Waals surface area contributed by atoms with Crippen LogP contribution < -0.4 is 11.1 Å². The summed E-state index contributed by atoms with van der Waals surface area (Å²) in [5.41, 5.74) is 4.54. The Labute approximate surface area is 168 Å². The van der Waals surface area contributed by atoms with Gasteiger partial charge >= 0.3 is 12.1 Å². The van der Waals surface area contributed by atoms with Gasteiger partial charge in [0, 0.05) is 10.6 Å². The van der Waals surface area contributed by atoms with E-state index in [1.165, 1.54) is 13.0 Å². The molecule has 2 aromatic carbocycles. The molecule has 0 aliphatic heterocycles. The second-order valence-electron chi connectivity index (χ2n) is 5.86. The van der Waals surface area contributed by atoms with E-state index < -0.39 is 35.6 Å². The van der Waals surface area contributed by atoms with Gasteiger partial charge in [-0.05, 0) is 43.3 Å². The molecule has 0 fully saturated rings. The summed E-state index contributed by atoms with van der Waals surface area (Å²) in [5, 5.41) is 2.38. The second-order valence-corrected chi connectivity index (χ2v) is 6.88. The van der Waals surface area contributed by atoms with Gasteiger partial charge in [-0.1, -0.05) is 12.1 Å². The average molecular weight is 426 g/mol. The largest absolute Gasteiger partial charge is 0.449 e. The van der Waals surface area contributed by atoms with E-state index in [-0.39, 0.29) is 17.0 Å². The fraction of sp³-hybridized carbons (Fsp3) is 0.211. The topological polar surface area (TPSA) is 98.5 Å². The highest BCUT2D eigenvalue weighted by atomic mass is 32.2. The van der Waals surface area contributed by atoms with Gasteiger partial charge in [0.05, 0.1) is 16.9 Å². The molecule has 6 nitrogen and oxygen atoms in total. The maximum absolute atomic E-state index is 12.6. The lowest BCUT2D eigenvalue weighted by molar-refractivity contribution is -0.137. The molecule has 0 heterocycles. The number of halogens is 3. The van der Waals surface area contributed by atoms with Gasteiger partial charge < -0.3 is 15.8 Å². The number of hydrogen-bond acceptors (Lipinski definition) is 5. The fourth-order valence-electron chi connectivity index (χ4n) is 2.17. The monoisotopic (exact) mass is 426 g/mol. The Balaban J connectivity index is 2.01. The first-order chi connectivity index (χ1) is 13.6. The van der Waals surface area contributed by atoms with Crippen molar-refractivity contribution in [2.75, 3.05) is 11.1 Å². The number of rotatable bonds is 7. The third-order valence-corrected chi connectivity index (χ3v) is 4.71. The first-order valence-electron chi connectivity index (χ1n) is 8.27. The number of amides is 2. The quantitative estimate of drug-likeness (QED) is 0.522. The van der Waals surface area contributed by atoms with Crippen LogP contribution in [0.15, 0.2) is 53.4 Å². The fourth-order valence-corrected chi connectivity index (χ4v) is 2.95. The van der Waals surface area contributed by atoms with Crippen molar-refractivity contribution in [3.63, 3.8) is 0 Å². The number of benzene rings is 2. The third-order valence-electron chi connectivity index (χ3n) is 3.61. The lowest BCUT2D eigenvalue weighted by atomic mass is 10.2. The van der Waals surface area contributed by atoms with Crippen LogP contribution in [-0.2, 0) is 20.5 Å². The van der Waals surface area contributed by atoms with Crippen LogP contribution in [0, 0.1) is 0 Å². The number of hydrogen-bond donors (Lipinski definition) is 2. The lowest BCUT2D eigenvalue weighted by Crippen LogP contribution is -2.30. The summed E-state index contributed by atoms with van der Waals surface area (Å²) in [5.74, 6) is -2.08. The van der Waals surface area contributed by atoms with Gasteiger partial charge in [-0.2, -0.15) is 13.2 Å². The average Bonchev–Trinajstić information content (AvgIpc) is 2.66. The summed E-state index contributed by atoms with van der Waals surface area (Å²) >= 11 is 1.06. The first-order valence-corrected chi connectivity index (χ1v) is 9.25. The Hall–Kier alpha value is -3.01. The van der Waals surface area contributed by atoms with Crippen LogP contribution in [0.2, 0.25) is 0 Å². The standard InChI is InChI=1S/C19H17F3N2O4S/c1-11(17(26)24-13-8-6-12(7-9-13)19(20,21)22)28-18(27)14-4-2-3-5-15(14)29-10-16(23)25/h2-9,11H,10H2,1H3,(H2,23,25)(H,24,26). The first kappa shape index (κ1) is 22.3. The minimum Gasteiger partial charge on any atom is -0.449 e. The van der Waals surface area contributed by atoms with Crippen LogP contribution in [0.4, 0.5) is 18.9 Å². The molecule has 1 unspecified atom stereocenters. The predicted octanol–water partition coefficient (Wildman–Crippen LogP) is 3.47. The predicted molar refractivity (Wildman–Crippen MR) is 101 cm³/mol. The highest BCUT2D eigenvalue weighted by molar-refractivity contribution is 8.00. The number of alkyl halides is 3. The number of primary amides is 1. The molecule has 29 heavy (non-hydrogen) atoms. The minimum atomic E-state index is -4.48. The van der Waals surface area contributed by atoms with Gasteiger partial charge in [0.25, 0.3) is 5.91 Å². The van der Waals surface area contributed by atoms with Crippen LogP contribution in [0.25, 0.3) is 0 Å². The maximum Gasteiger partial charge on any atom is 0.416 e. The molecule has 0 aliphatic rings. The lowest BCUT2D eigenvalue weighted by Gasteiger charge is -2.15. The van der Waals surface area contributed by atoms with Gasteiger partial charge in [-0.3, -0.25) is 9.59 Å². The zero-order chi connectivity index (χ0) is 21.6. The van der Waals surface area contributed by atoms with E-state index >= 15 is 0 Å². The van der Waals surface area contributed by atoms with Crippen LogP contribution in [0.5, 0.6) is 0 Å². The van der Waals surface area contributed by atoms with Crippen LogP contribution >= 0.6 is 11.8 Å². The molecule has 0 radical (unpaired) electrons. The molecule has 1 atom stereocenters. The molecule has 0 aromatic heterocycles. The van der Waals surface area contributed by atoms with Gasteiger partial charge in [-0.25, -0.2) is 4.79 Å². The summed E-state index contributed by atoms with van der Waals surface area (Å²) in [7, 11) is 0. The molecule has 0 spiro atoms. The summed E-state index contributed by atoms with van der Waals surface area (Å²) in [4.78, 5) is 36.0. The highest BCUT2D eigenvalue weighted by Gasteiger charge is 2.30. The van der Waals surface area contributed by atoms with Gasteiger partial charge in [-0.15, -0.1) is 11.8 Å². The summed E-state index contributed by atoms with van der Waals surface area (Å²) in [6.45, 7) is 1.33. The van der Waals surface area contributed by atoms with E-state index in [0.717, 1.165) is 36.0 Å². The maximum atomic E-state index is 12.6. The van der Waals surface area contributed by atoms with E-state index in [1.807, 2.05) is 0 Å². The number of nitrogens with two attached hydrogens (primary N) is 1. The van der Waals surface area contributed by atoms with E-state index in [9.17, 15) is 27.6 Å². The number of carbonyl (C=O) groups excluding carboxylic acids is 3. The van der Waals surface area contributed by atoms with E-state index in [2.05, 4.69) is 5.32 Å². The SMILES string of the molecule is CC(OC(=O)c1ccccc1SCC(N)=O)C(=O)Nc1ccc(C(F)(F)F)cc1. The van der Waals surface area contributed by atoms with Gasteiger partial charge in [0.1, 0.15) is 0 Å². The minimum absolute atomic E-state index is 0.0335. The third kappa shape index (κ3) is 6.53. The zero-order valence-electron chi connectivity index (χ0n) is 15.2.